The van der Waals surface area contributed by atoms with Crippen LogP contribution in [0.4, 0.5) is 5.69 Å². The van der Waals surface area contributed by atoms with Gasteiger partial charge < -0.3 is 16.4 Å². The van der Waals surface area contributed by atoms with E-state index < -0.39 is 0 Å². The van der Waals surface area contributed by atoms with E-state index in [2.05, 4.69) is 10.6 Å². The van der Waals surface area contributed by atoms with Crippen molar-refractivity contribution in [2.75, 3.05) is 5.32 Å². The zero-order valence-electron chi connectivity index (χ0n) is 14.2. The van der Waals surface area contributed by atoms with Crippen LogP contribution >= 0.6 is 12.4 Å². The molecule has 0 radical (unpaired) electrons. The van der Waals surface area contributed by atoms with Crippen molar-refractivity contribution in [3.63, 3.8) is 0 Å². The number of carbonyl (C=O) groups excluding carboxylic acids is 2. The van der Waals surface area contributed by atoms with Crippen LogP contribution in [0.2, 0.25) is 0 Å². The van der Waals surface area contributed by atoms with Crippen molar-refractivity contribution >= 4 is 29.9 Å². The van der Waals surface area contributed by atoms with Gasteiger partial charge in [0.1, 0.15) is 0 Å². The number of nitrogens with one attached hydrogen (secondary N) is 2. The topological polar surface area (TPSA) is 84.2 Å². The molecule has 0 aromatic heterocycles. The van der Waals surface area contributed by atoms with E-state index in [9.17, 15) is 9.59 Å². The molecular weight excluding hydrogens is 338 g/mol. The number of rotatable bonds is 2. The highest BCUT2D eigenvalue weighted by atomic mass is 35.5. The maximum absolute atomic E-state index is 13.0. The predicted octanol–water partition coefficient (Wildman–Crippen LogP) is 2.56. The molecule has 2 fully saturated rings. The number of anilines is 1. The Morgan fingerprint density at radius 2 is 1.84 bits per heavy atom. The molecule has 0 spiro atoms. The molecule has 0 saturated heterocycles. The molecule has 3 aliphatic rings. The first kappa shape index (κ1) is 18.2. The summed E-state index contributed by atoms with van der Waals surface area (Å²) in [6, 6.07) is 8.10. The lowest BCUT2D eigenvalue weighted by Crippen LogP contribution is -2.54. The molecule has 2 bridgehead atoms. The Kier molecular flexibility index (Phi) is 5.35. The number of nitrogens with two attached hydrogens (primary N) is 1. The van der Waals surface area contributed by atoms with E-state index in [1.54, 1.807) is 0 Å². The van der Waals surface area contributed by atoms with E-state index in [1.165, 1.54) is 6.42 Å². The normalized spacial score (nSPS) is 33.5. The second-order valence-corrected chi connectivity index (χ2v) is 7.61. The predicted molar refractivity (Wildman–Crippen MR) is 99.6 cm³/mol. The van der Waals surface area contributed by atoms with Crippen molar-refractivity contribution < 1.29 is 9.59 Å². The molecule has 2 amide bonds. The summed E-state index contributed by atoms with van der Waals surface area (Å²) in [7, 11) is 0. The fourth-order valence-corrected chi connectivity index (χ4v) is 4.93. The van der Waals surface area contributed by atoms with Gasteiger partial charge in [-0.15, -0.1) is 12.4 Å². The maximum atomic E-state index is 13.0. The Bertz CT molecular complexity index is 652. The fourth-order valence-electron chi connectivity index (χ4n) is 4.93. The first-order valence-corrected chi connectivity index (χ1v) is 9.06. The Morgan fingerprint density at radius 3 is 2.56 bits per heavy atom. The summed E-state index contributed by atoms with van der Waals surface area (Å²) in [5.41, 5.74) is 7.86. The van der Waals surface area contributed by atoms with Crippen LogP contribution in [-0.2, 0) is 9.59 Å². The molecule has 25 heavy (non-hydrogen) atoms. The van der Waals surface area contributed by atoms with Gasteiger partial charge in [0.15, 0.2) is 0 Å². The number of fused-ring (bicyclic) bond motifs is 3. The van der Waals surface area contributed by atoms with Crippen LogP contribution in [-0.4, -0.2) is 23.9 Å². The van der Waals surface area contributed by atoms with Gasteiger partial charge in [0.2, 0.25) is 11.8 Å². The minimum atomic E-state index is -0.383. The van der Waals surface area contributed by atoms with Crippen LogP contribution in [0.5, 0.6) is 0 Å². The lowest BCUT2D eigenvalue weighted by molar-refractivity contribution is -0.128. The van der Waals surface area contributed by atoms with Crippen molar-refractivity contribution in [1.82, 2.24) is 5.32 Å². The summed E-state index contributed by atoms with van der Waals surface area (Å²) in [6.07, 6.45) is 5.77. The van der Waals surface area contributed by atoms with E-state index in [4.69, 9.17) is 5.73 Å². The van der Waals surface area contributed by atoms with Crippen LogP contribution in [0.3, 0.4) is 0 Å². The van der Waals surface area contributed by atoms with Gasteiger partial charge in [0.25, 0.3) is 0 Å². The number of amides is 2. The number of hydrogen-bond donors (Lipinski definition) is 3. The van der Waals surface area contributed by atoms with E-state index in [0.29, 0.717) is 11.8 Å². The summed E-state index contributed by atoms with van der Waals surface area (Å²) in [5, 5.41) is 6.16. The molecule has 6 heteroatoms. The molecule has 1 heterocycles. The Morgan fingerprint density at radius 1 is 1.16 bits per heavy atom. The highest BCUT2D eigenvalue weighted by Crippen LogP contribution is 2.40. The van der Waals surface area contributed by atoms with Crippen LogP contribution in [0.25, 0.3) is 0 Å². The molecule has 2 aliphatic carbocycles. The third-order valence-electron chi connectivity index (χ3n) is 6.00. The maximum Gasteiger partial charge on any atom is 0.228 e. The summed E-state index contributed by atoms with van der Waals surface area (Å²) in [4.78, 5) is 24.9. The largest absolute Gasteiger partial charge is 0.352 e. The molecule has 4 rings (SSSR count). The van der Waals surface area contributed by atoms with Crippen LogP contribution < -0.4 is 16.4 Å². The monoisotopic (exact) mass is 363 g/mol. The van der Waals surface area contributed by atoms with Crippen LogP contribution in [0.15, 0.2) is 24.3 Å². The Hall–Kier alpha value is -1.59. The van der Waals surface area contributed by atoms with Crippen molar-refractivity contribution in [2.45, 2.75) is 56.5 Å². The number of carbonyl (C=O) groups is 2. The minimum Gasteiger partial charge on any atom is -0.352 e. The Balaban J connectivity index is 0.00000182. The molecule has 136 valence electrons. The quantitative estimate of drug-likeness (QED) is 0.755. The second-order valence-electron chi connectivity index (χ2n) is 7.61. The lowest BCUT2D eigenvalue weighted by Gasteiger charge is -2.45. The third-order valence-corrected chi connectivity index (χ3v) is 6.00. The Labute approximate surface area is 154 Å². The van der Waals surface area contributed by atoms with Gasteiger partial charge in [-0.3, -0.25) is 9.59 Å². The smallest absolute Gasteiger partial charge is 0.228 e. The highest BCUT2D eigenvalue weighted by Gasteiger charge is 2.41. The molecule has 1 aliphatic heterocycles. The van der Waals surface area contributed by atoms with Gasteiger partial charge >= 0.3 is 0 Å². The van der Waals surface area contributed by atoms with Crippen molar-refractivity contribution in [2.24, 2.45) is 17.6 Å². The van der Waals surface area contributed by atoms with Crippen LogP contribution in [0, 0.1) is 11.8 Å². The SMILES string of the molecule is Cl.NC1CC2CCCC(C1)C2NC(=O)C1CC(=O)Nc2ccccc21. The number of hydrogen-bond acceptors (Lipinski definition) is 3. The van der Waals surface area contributed by atoms with Gasteiger partial charge in [-0.2, -0.15) is 0 Å². The molecule has 4 N–H and O–H groups in total. The molecular formula is C19H26ClN3O2. The van der Waals surface area contributed by atoms with Crippen molar-refractivity contribution in [1.29, 1.82) is 0 Å². The molecule has 2 saturated carbocycles. The standard InChI is InChI=1S/C19H25N3O2.ClH/c20-13-8-11-4-3-5-12(9-13)18(11)22-19(24)15-10-17(23)21-16-7-2-1-6-14(15)16;/h1-2,6-7,11-13,15,18H,3-5,8-10,20H2,(H,21,23)(H,22,24);1H. The van der Waals surface area contributed by atoms with Gasteiger partial charge in [-0.25, -0.2) is 0 Å². The fraction of sp³-hybridized carbons (Fsp3) is 0.579. The van der Waals surface area contributed by atoms with E-state index in [1.807, 2.05) is 24.3 Å². The van der Waals surface area contributed by atoms with Crippen molar-refractivity contribution in [3.05, 3.63) is 29.8 Å². The third kappa shape index (κ3) is 3.53. The average Bonchev–Trinajstić information content (AvgIpc) is 2.54. The molecule has 1 aromatic carbocycles. The van der Waals surface area contributed by atoms with Gasteiger partial charge in [-0.1, -0.05) is 24.6 Å². The summed E-state index contributed by atoms with van der Waals surface area (Å²) < 4.78 is 0. The number of halogens is 1. The molecule has 3 atom stereocenters. The van der Waals surface area contributed by atoms with Crippen molar-refractivity contribution in [3.8, 4) is 0 Å². The van der Waals surface area contributed by atoms with E-state index in [0.717, 1.165) is 36.9 Å². The van der Waals surface area contributed by atoms with Gasteiger partial charge in [0.05, 0.1) is 5.92 Å². The number of para-hydroxylation sites is 1. The average molecular weight is 364 g/mol. The second kappa shape index (κ2) is 7.34. The summed E-state index contributed by atoms with van der Waals surface area (Å²) in [6.45, 7) is 0. The highest BCUT2D eigenvalue weighted by molar-refractivity contribution is 6.01. The van der Waals surface area contributed by atoms with Gasteiger partial charge in [-0.05, 0) is 49.1 Å². The molecule has 3 unspecified atom stereocenters. The minimum absolute atomic E-state index is 0. The van der Waals surface area contributed by atoms with E-state index in [-0.39, 0.29) is 48.6 Å². The first-order chi connectivity index (χ1) is 11.6. The van der Waals surface area contributed by atoms with Crippen LogP contribution in [0.1, 0.15) is 50.0 Å². The zero-order chi connectivity index (χ0) is 16.7. The summed E-state index contributed by atoms with van der Waals surface area (Å²) in [5.74, 6) is 0.508. The summed E-state index contributed by atoms with van der Waals surface area (Å²) >= 11 is 0. The zero-order valence-corrected chi connectivity index (χ0v) is 15.1. The molecule has 1 aromatic rings. The van der Waals surface area contributed by atoms with Gasteiger partial charge in [0, 0.05) is 24.2 Å². The first-order valence-electron chi connectivity index (χ1n) is 9.06. The van der Waals surface area contributed by atoms with E-state index >= 15 is 0 Å². The number of benzene rings is 1. The lowest BCUT2D eigenvalue weighted by atomic mass is 9.67. The molecule has 5 nitrogen and oxygen atoms in total.